The lowest BCUT2D eigenvalue weighted by atomic mass is 9.70. The molecule has 11 nitrogen and oxygen atoms in total. The van der Waals surface area contributed by atoms with E-state index in [1.807, 2.05) is 32.0 Å². The normalized spacial score (nSPS) is 15.0. The van der Waals surface area contributed by atoms with Crippen LogP contribution in [-0.4, -0.2) is 60.2 Å². The van der Waals surface area contributed by atoms with Gasteiger partial charge in [-0.3, -0.25) is 4.79 Å². The van der Waals surface area contributed by atoms with Gasteiger partial charge in [-0.2, -0.15) is 0 Å². The van der Waals surface area contributed by atoms with Gasteiger partial charge in [-0.05, 0) is 52.8 Å². The Hall–Kier alpha value is -3.89. The predicted octanol–water partition coefficient (Wildman–Crippen LogP) is 2.81. The quantitative estimate of drug-likeness (QED) is 0.343. The second-order valence-corrected chi connectivity index (χ2v) is 9.40. The zero-order valence-corrected chi connectivity index (χ0v) is 20.8. The minimum atomic E-state index is -0.799. The van der Waals surface area contributed by atoms with Gasteiger partial charge in [0.1, 0.15) is 30.1 Å². The molecule has 2 aromatic rings. The Balaban J connectivity index is 1.69. The number of aromatic nitrogens is 2. The Morgan fingerprint density at radius 2 is 1.91 bits per heavy atom. The van der Waals surface area contributed by atoms with E-state index in [1.165, 1.54) is 6.33 Å². The molecule has 0 unspecified atom stereocenters. The molecule has 1 aliphatic carbocycles. The molecule has 0 aliphatic heterocycles. The number of amides is 1. The molecule has 0 spiro atoms. The summed E-state index contributed by atoms with van der Waals surface area (Å²) in [5, 5.41) is 6.91. The number of rotatable bonds is 7. The van der Waals surface area contributed by atoms with E-state index in [0.717, 1.165) is 16.7 Å². The first-order chi connectivity index (χ1) is 16.4. The molecule has 1 aromatic heterocycles. The topological polar surface area (TPSA) is 147 Å². The maximum atomic E-state index is 12.2. The average Bonchev–Trinajstić information content (AvgIpc) is 2.77. The maximum Gasteiger partial charge on any atom is 0.508 e. The van der Waals surface area contributed by atoms with Crippen molar-refractivity contribution < 1.29 is 28.6 Å². The Morgan fingerprint density at radius 3 is 2.60 bits per heavy atom. The third kappa shape index (κ3) is 5.97. The van der Waals surface area contributed by atoms with Crippen molar-refractivity contribution in [1.29, 1.82) is 0 Å². The number of nitrogen functional groups attached to an aromatic ring is 1. The van der Waals surface area contributed by atoms with Crippen LogP contribution in [0.4, 0.5) is 10.6 Å². The number of benzene rings is 1. The van der Waals surface area contributed by atoms with Crippen LogP contribution < -0.4 is 15.8 Å². The van der Waals surface area contributed by atoms with Gasteiger partial charge in [-0.25, -0.2) is 14.8 Å². The molecular formula is C24H31N5O6. The van der Waals surface area contributed by atoms with Crippen molar-refractivity contribution in [2.75, 3.05) is 32.6 Å². The lowest BCUT2D eigenvalue weighted by Crippen LogP contribution is -2.36. The van der Waals surface area contributed by atoms with Gasteiger partial charge >= 0.3 is 6.16 Å². The summed E-state index contributed by atoms with van der Waals surface area (Å²) < 4.78 is 15.3. The first-order valence-corrected chi connectivity index (χ1v) is 11.1. The molecule has 0 radical (unpaired) electrons. The van der Waals surface area contributed by atoms with Crippen LogP contribution in [0.15, 0.2) is 29.7 Å². The number of carbonyl (C=O) groups excluding carboxylic acids is 2. The van der Waals surface area contributed by atoms with Gasteiger partial charge in [-0.1, -0.05) is 5.16 Å². The van der Waals surface area contributed by atoms with Crippen LogP contribution in [-0.2, 0) is 24.5 Å². The van der Waals surface area contributed by atoms with Gasteiger partial charge in [0.2, 0.25) is 0 Å². The fourth-order valence-corrected chi connectivity index (χ4v) is 3.70. The first kappa shape index (κ1) is 25.7. The highest BCUT2D eigenvalue weighted by Crippen LogP contribution is 2.45. The number of fused-ring (bicyclic) bond motifs is 3. The zero-order valence-electron chi connectivity index (χ0n) is 20.8. The molecule has 11 heteroatoms. The molecule has 0 saturated carbocycles. The van der Waals surface area contributed by atoms with Crippen LogP contribution in [0.25, 0.3) is 11.3 Å². The molecule has 1 amide bonds. The van der Waals surface area contributed by atoms with E-state index in [2.05, 4.69) is 20.4 Å². The lowest BCUT2D eigenvalue weighted by molar-refractivity contribution is -0.125. The Kier molecular flexibility index (Phi) is 7.47. The Labute approximate surface area is 204 Å². The van der Waals surface area contributed by atoms with Crippen LogP contribution in [0.1, 0.15) is 45.7 Å². The second kappa shape index (κ2) is 10.2. The molecule has 0 atom stereocenters. The van der Waals surface area contributed by atoms with Crippen molar-refractivity contribution in [2.24, 2.45) is 5.16 Å². The highest BCUT2D eigenvalue weighted by atomic mass is 16.7. The highest BCUT2D eigenvalue weighted by Gasteiger charge is 2.41. The van der Waals surface area contributed by atoms with Crippen molar-refractivity contribution in [3.05, 3.63) is 35.7 Å². The van der Waals surface area contributed by atoms with Gasteiger partial charge in [-0.15, -0.1) is 0 Å². The zero-order chi connectivity index (χ0) is 25.8. The van der Waals surface area contributed by atoms with Gasteiger partial charge in [0, 0.05) is 22.1 Å². The largest absolute Gasteiger partial charge is 0.508 e. The van der Waals surface area contributed by atoms with E-state index >= 15 is 0 Å². The number of carbonyl (C=O) groups is 2. The number of hydrogen-bond acceptors (Lipinski definition) is 10. The van der Waals surface area contributed by atoms with Crippen molar-refractivity contribution in [3.8, 4) is 17.0 Å². The van der Waals surface area contributed by atoms with Crippen LogP contribution in [0, 0.1) is 0 Å². The summed E-state index contributed by atoms with van der Waals surface area (Å²) in [4.78, 5) is 37.7. The highest BCUT2D eigenvalue weighted by molar-refractivity contribution is 6.15. The molecule has 188 valence electrons. The number of hydrogen-bond donors (Lipinski definition) is 2. The third-order valence-electron chi connectivity index (χ3n) is 5.22. The van der Waals surface area contributed by atoms with E-state index in [9.17, 15) is 9.59 Å². The smallest absolute Gasteiger partial charge is 0.497 e. The molecule has 1 aromatic carbocycles. The van der Waals surface area contributed by atoms with E-state index in [4.69, 9.17) is 24.8 Å². The Morgan fingerprint density at radius 1 is 1.17 bits per heavy atom. The average molecular weight is 486 g/mol. The number of anilines is 1. The minimum Gasteiger partial charge on any atom is -0.497 e. The fraction of sp³-hybridized carbons (Fsp3) is 0.458. The van der Waals surface area contributed by atoms with Crippen molar-refractivity contribution in [3.63, 3.8) is 0 Å². The molecule has 1 heterocycles. The van der Waals surface area contributed by atoms with Gasteiger partial charge in [0.25, 0.3) is 5.91 Å². The first-order valence-electron chi connectivity index (χ1n) is 11.1. The molecule has 0 fully saturated rings. The van der Waals surface area contributed by atoms with Gasteiger partial charge < -0.3 is 30.1 Å². The van der Waals surface area contributed by atoms with Crippen LogP contribution >= 0.6 is 0 Å². The number of nitrogens with zero attached hydrogens (tertiary/aromatic N) is 3. The molecule has 35 heavy (non-hydrogen) atoms. The monoisotopic (exact) mass is 485 g/mol. The van der Waals surface area contributed by atoms with Crippen molar-refractivity contribution >= 4 is 23.6 Å². The molecule has 1 aliphatic rings. The maximum absolute atomic E-state index is 12.2. The van der Waals surface area contributed by atoms with E-state index in [-0.39, 0.29) is 19.8 Å². The van der Waals surface area contributed by atoms with Crippen LogP contribution in [0.2, 0.25) is 0 Å². The second-order valence-electron chi connectivity index (χ2n) is 9.40. The molecule has 3 N–H and O–H groups in total. The lowest BCUT2D eigenvalue weighted by Gasteiger charge is -2.34. The van der Waals surface area contributed by atoms with Crippen molar-refractivity contribution in [1.82, 2.24) is 15.3 Å². The summed E-state index contributed by atoms with van der Waals surface area (Å²) in [6, 6.07) is 5.54. The summed E-state index contributed by atoms with van der Waals surface area (Å²) in [6.07, 6.45) is 0.625. The molecular weight excluding hydrogens is 454 g/mol. The summed E-state index contributed by atoms with van der Waals surface area (Å²) >= 11 is 0. The SMILES string of the molecule is COc1ccc2c(c1)/C(=N\OCC(=O)NCCOC(=O)OC(C)(C)C)C(C)(C)c1c(N)ncnc1-2. The van der Waals surface area contributed by atoms with Crippen LogP contribution in [0.5, 0.6) is 5.75 Å². The summed E-state index contributed by atoms with van der Waals surface area (Å²) in [5.41, 5.74) is 8.40. The van der Waals surface area contributed by atoms with Gasteiger partial charge in [0.15, 0.2) is 6.61 Å². The molecule has 0 bridgehead atoms. The number of methoxy groups -OCH3 is 1. The third-order valence-corrected chi connectivity index (χ3v) is 5.22. The number of ether oxygens (including phenoxy) is 3. The minimum absolute atomic E-state index is 0.0363. The van der Waals surface area contributed by atoms with Crippen LogP contribution in [0.3, 0.4) is 0 Å². The number of nitrogens with one attached hydrogen (secondary N) is 1. The standard InChI is InChI=1S/C24H31N5O6/c1-23(2,3)35-22(31)33-10-9-26-17(30)12-34-29-20-16-11-14(32-6)7-8-15(16)19-18(24(20,4)5)21(25)28-13-27-19/h7-8,11,13H,9-10,12H2,1-6H3,(H,26,30)(H2,25,27,28)/b29-20+. The predicted molar refractivity (Wildman–Crippen MR) is 129 cm³/mol. The summed E-state index contributed by atoms with van der Waals surface area (Å²) in [7, 11) is 1.58. The molecule has 0 saturated heterocycles. The number of nitrogens with two attached hydrogens (primary N) is 1. The van der Waals surface area contributed by atoms with Crippen molar-refractivity contribution in [2.45, 2.75) is 45.6 Å². The van der Waals surface area contributed by atoms with E-state index < -0.39 is 23.1 Å². The van der Waals surface area contributed by atoms with Gasteiger partial charge in [0.05, 0.1) is 25.1 Å². The summed E-state index contributed by atoms with van der Waals surface area (Å²) in [6.45, 7) is 8.80. The fourth-order valence-electron chi connectivity index (χ4n) is 3.70. The Bertz CT molecular complexity index is 1140. The number of oxime groups is 1. The molecule has 3 rings (SSSR count). The summed E-state index contributed by atoms with van der Waals surface area (Å²) in [5.74, 6) is 0.558. The van der Waals surface area contributed by atoms with E-state index in [1.54, 1.807) is 27.9 Å². The van der Waals surface area contributed by atoms with E-state index in [0.29, 0.717) is 23.0 Å².